The monoisotopic (exact) mass is 198 g/mol. The number of rotatable bonds is 4. The minimum Gasteiger partial charge on any atom is -0.351 e. The fourth-order valence-corrected chi connectivity index (χ4v) is 2.00. The molecule has 1 atom stereocenters. The summed E-state index contributed by atoms with van der Waals surface area (Å²) in [6, 6.07) is 0. The summed E-state index contributed by atoms with van der Waals surface area (Å²) in [5.74, 6) is 0.402. The molecule has 1 unspecified atom stereocenters. The number of nitrogens with one attached hydrogen (secondary N) is 2. The Morgan fingerprint density at radius 1 is 1.57 bits per heavy atom. The Morgan fingerprint density at radius 2 is 2.29 bits per heavy atom. The zero-order valence-corrected chi connectivity index (χ0v) is 9.52. The van der Waals surface area contributed by atoms with E-state index in [0.717, 1.165) is 32.4 Å². The Hall–Kier alpha value is -0.570. The Kier molecular flexibility index (Phi) is 3.93. The number of hydrogen-bond donors (Lipinski definition) is 2. The van der Waals surface area contributed by atoms with Gasteiger partial charge < -0.3 is 10.6 Å². The summed E-state index contributed by atoms with van der Waals surface area (Å²) in [6.45, 7) is 8.15. The van der Waals surface area contributed by atoms with Gasteiger partial charge in [0.1, 0.15) is 0 Å². The van der Waals surface area contributed by atoms with Crippen molar-refractivity contribution in [3.63, 3.8) is 0 Å². The first-order valence-electron chi connectivity index (χ1n) is 5.58. The van der Waals surface area contributed by atoms with Crippen molar-refractivity contribution < 1.29 is 4.79 Å². The average molecular weight is 198 g/mol. The van der Waals surface area contributed by atoms with Gasteiger partial charge in [-0.1, -0.05) is 13.3 Å². The fraction of sp³-hybridized carbons (Fsp3) is 0.909. The van der Waals surface area contributed by atoms with Crippen molar-refractivity contribution in [1.82, 2.24) is 10.6 Å². The number of carbonyl (C=O) groups is 1. The van der Waals surface area contributed by atoms with Crippen LogP contribution in [-0.4, -0.2) is 24.5 Å². The van der Waals surface area contributed by atoms with Crippen LogP contribution in [0.25, 0.3) is 0 Å². The van der Waals surface area contributed by atoms with Crippen LogP contribution in [0.3, 0.4) is 0 Å². The lowest BCUT2D eigenvalue weighted by Crippen LogP contribution is -2.46. The van der Waals surface area contributed by atoms with Crippen LogP contribution in [-0.2, 0) is 4.79 Å². The third-order valence-electron chi connectivity index (χ3n) is 2.77. The summed E-state index contributed by atoms with van der Waals surface area (Å²) in [4.78, 5) is 11.8. The molecule has 1 fully saturated rings. The fourth-order valence-electron chi connectivity index (χ4n) is 2.00. The summed E-state index contributed by atoms with van der Waals surface area (Å²) in [5, 5.41) is 6.33. The van der Waals surface area contributed by atoms with Crippen molar-refractivity contribution in [2.24, 2.45) is 5.92 Å². The lowest BCUT2D eigenvalue weighted by atomic mass is 9.97. The first kappa shape index (κ1) is 11.5. The van der Waals surface area contributed by atoms with E-state index in [1.165, 1.54) is 0 Å². The zero-order valence-electron chi connectivity index (χ0n) is 9.52. The van der Waals surface area contributed by atoms with Crippen LogP contribution < -0.4 is 10.6 Å². The minimum absolute atomic E-state index is 0.0472. The van der Waals surface area contributed by atoms with Gasteiger partial charge in [-0.25, -0.2) is 0 Å². The van der Waals surface area contributed by atoms with Crippen molar-refractivity contribution in [2.75, 3.05) is 13.1 Å². The molecule has 0 aliphatic carbocycles. The second-order valence-electron chi connectivity index (χ2n) is 4.81. The van der Waals surface area contributed by atoms with Crippen LogP contribution in [0.2, 0.25) is 0 Å². The smallest absolute Gasteiger partial charge is 0.224 e. The maximum Gasteiger partial charge on any atom is 0.224 e. The molecular weight excluding hydrogens is 176 g/mol. The average Bonchev–Trinajstić information content (AvgIpc) is 2.53. The second-order valence-corrected chi connectivity index (χ2v) is 4.81. The summed E-state index contributed by atoms with van der Waals surface area (Å²) < 4.78 is 0. The molecule has 0 aromatic carbocycles. The van der Waals surface area contributed by atoms with Gasteiger partial charge in [-0.2, -0.15) is 0 Å². The minimum atomic E-state index is -0.0472. The second kappa shape index (κ2) is 4.78. The SMILES string of the molecule is CCCC(C)(C)NC(=O)C1CCNC1. The van der Waals surface area contributed by atoms with E-state index in [-0.39, 0.29) is 17.4 Å². The Morgan fingerprint density at radius 3 is 2.79 bits per heavy atom. The third-order valence-corrected chi connectivity index (χ3v) is 2.77. The summed E-state index contributed by atoms with van der Waals surface area (Å²) in [5.41, 5.74) is -0.0472. The summed E-state index contributed by atoms with van der Waals surface area (Å²) in [6.07, 6.45) is 3.13. The third kappa shape index (κ3) is 3.29. The number of amides is 1. The lowest BCUT2D eigenvalue weighted by molar-refractivity contribution is -0.126. The molecule has 82 valence electrons. The molecule has 2 N–H and O–H groups in total. The molecule has 14 heavy (non-hydrogen) atoms. The Balaban J connectivity index is 2.38. The summed E-state index contributed by atoms with van der Waals surface area (Å²) in [7, 11) is 0. The van der Waals surface area contributed by atoms with E-state index in [9.17, 15) is 4.79 Å². The van der Waals surface area contributed by atoms with Gasteiger partial charge in [0.15, 0.2) is 0 Å². The molecule has 0 radical (unpaired) electrons. The predicted molar refractivity (Wildman–Crippen MR) is 58.1 cm³/mol. The van der Waals surface area contributed by atoms with Gasteiger partial charge in [0, 0.05) is 12.1 Å². The molecule has 0 saturated carbocycles. The van der Waals surface area contributed by atoms with E-state index < -0.39 is 0 Å². The van der Waals surface area contributed by atoms with E-state index in [0.29, 0.717) is 0 Å². The molecule has 1 saturated heterocycles. The Bertz CT molecular complexity index is 195. The molecule has 1 rings (SSSR count). The lowest BCUT2D eigenvalue weighted by Gasteiger charge is -2.27. The topological polar surface area (TPSA) is 41.1 Å². The Labute approximate surface area is 86.6 Å². The molecule has 0 aromatic heterocycles. The van der Waals surface area contributed by atoms with Crippen molar-refractivity contribution in [2.45, 2.75) is 45.6 Å². The maximum absolute atomic E-state index is 11.8. The van der Waals surface area contributed by atoms with Crippen molar-refractivity contribution in [3.05, 3.63) is 0 Å². The molecule has 1 aliphatic heterocycles. The normalized spacial score (nSPS) is 22.4. The van der Waals surface area contributed by atoms with Gasteiger partial charge in [0.05, 0.1) is 5.92 Å². The van der Waals surface area contributed by atoms with Crippen molar-refractivity contribution in [1.29, 1.82) is 0 Å². The van der Waals surface area contributed by atoms with Gasteiger partial charge in [-0.05, 0) is 33.2 Å². The summed E-state index contributed by atoms with van der Waals surface area (Å²) >= 11 is 0. The molecule has 1 aliphatic rings. The van der Waals surface area contributed by atoms with Gasteiger partial charge >= 0.3 is 0 Å². The van der Waals surface area contributed by atoms with Crippen molar-refractivity contribution >= 4 is 5.91 Å². The molecule has 1 heterocycles. The van der Waals surface area contributed by atoms with Crippen molar-refractivity contribution in [3.8, 4) is 0 Å². The highest BCUT2D eigenvalue weighted by molar-refractivity contribution is 5.79. The zero-order chi connectivity index (χ0) is 10.6. The molecule has 0 aromatic rings. The highest BCUT2D eigenvalue weighted by Crippen LogP contribution is 2.14. The van der Waals surface area contributed by atoms with Crippen LogP contribution in [0.15, 0.2) is 0 Å². The first-order valence-corrected chi connectivity index (χ1v) is 5.58. The van der Waals surface area contributed by atoms with Gasteiger partial charge in [-0.15, -0.1) is 0 Å². The highest BCUT2D eigenvalue weighted by atomic mass is 16.2. The van der Waals surface area contributed by atoms with Gasteiger partial charge in [0.25, 0.3) is 0 Å². The molecule has 0 bridgehead atoms. The van der Waals surface area contributed by atoms with Gasteiger partial charge in [0.2, 0.25) is 5.91 Å². The van der Waals surface area contributed by atoms with Crippen LogP contribution in [0.4, 0.5) is 0 Å². The molecule has 1 amide bonds. The van der Waals surface area contributed by atoms with Crippen LogP contribution in [0, 0.1) is 5.92 Å². The molecule has 3 heteroatoms. The van der Waals surface area contributed by atoms with Crippen LogP contribution >= 0.6 is 0 Å². The molecule has 0 spiro atoms. The van der Waals surface area contributed by atoms with Gasteiger partial charge in [-0.3, -0.25) is 4.79 Å². The van der Waals surface area contributed by atoms with E-state index >= 15 is 0 Å². The van der Waals surface area contributed by atoms with E-state index in [1.807, 2.05) is 0 Å². The predicted octanol–water partition coefficient (Wildman–Crippen LogP) is 1.29. The molecular formula is C11H22N2O. The van der Waals surface area contributed by atoms with E-state index in [4.69, 9.17) is 0 Å². The maximum atomic E-state index is 11.8. The first-order chi connectivity index (χ1) is 6.55. The number of carbonyl (C=O) groups excluding carboxylic acids is 1. The molecule has 3 nitrogen and oxygen atoms in total. The van der Waals surface area contributed by atoms with Crippen LogP contribution in [0.5, 0.6) is 0 Å². The van der Waals surface area contributed by atoms with E-state index in [1.54, 1.807) is 0 Å². The standard InChI is InChI=1S/C11H22N2O/c1-4-6-11(2,3)13-10(14)9-5-7-12-8-9/h9,12H,4-8H2,1-3H3,(H,13,14). The van der Waals surface area contributed by atoms with Crippen LogP contribution in [0.1, 0.15) is 40.0 Å². The largest absolute Gasteiger partial charge is 0.351 e. The highest BCUT2D eigenvalue weighted by Gasteiger charge is 2.27. The number of hydrogen-bond acceptors (Lipinski definition) is 2. The van der Waals surface area contributed by atoms with E-state index in [2.05, 4.69) is 31.4 Å². The quantitative estimate of drug-likeness (QED) is 0.714.